The van der Waals surface area contributed by atoms with Crippen LogP contribution in [0.3, 0.4) is 0 Å². The molecule has 1 aromatic rings. The molecule has 0 saturated carbocycles. The lowest BCUT2D eigenvalue weighted by Gasteiger charge is -2.19. The topological polar surface area (TPSA) is 20.2 Å². The van der Waals surface area contributed by atoms with E-state index in [9.17, 15) is 5.11 Å². The van der Waals surface area contributed by atoms with Gasteiger partial charge in [0.1, 0.15) is 5.75 Å². The van der Waals surface area contributed by atoms with E-state index in [0.29, 0.717) is 5.75 Å². The monoisotopic (exact) mass is 180 g/mol. The fourth-order valence-electron chi connectivity index (χ4n) is 1.11. The van der Waals surface area contributed by atoms with Crippen LogP contribution in [-0.4, -0.2) is 22.5 Å². The molecule has 1 nitrogen and oxygen atoms in total. The number of hydrogen-bond acceptors (Lipinski definition) is 1. The van der Waals surface area contributed by atoms with Crippen molar-refractivity contribution in [2.45, 2.75) is 26.2 Å². The lowest BCUT2D eigenvalue weighted by atomic mass is 9.86. The van der Waals surface area contributed by atoms with Gasteiger partial charge in [0.05, 0.1) is 0 Å². The Morgan fingerprint density at radius 2 is 1.58 bits per heavy atom. The molecule has 0 aliphatic heterocycles. The zero-order valence-corrected chi connectivity index (χ0v) is 7.26. The lowest BCUT2D eigenvalue weighted by molar-refractivity contribution is 0.447. The average Bonchev–Trinajstić information content (AvgIpc) is 1.86. The van der Waals surface area contributed by atoms with E-state index in [1.165, 1.54) is 0 Å². The zero-order valence-electron chi connectivity index (χ0n) is 7.26. The number of phenolic OH excluding ortho intramolecular Hbond substituents is 1. The van der Waals surface area contributed by atoms with E-state index >= 15 is 0 Å². The van der Waals surface area contributed by atoms with Gasteiger partial charge in [0.15, 0.2) is 17.4 Å². The van der Waals surface area contributed by atoms with Gasteiger partial charge in [0, 0.05) is 0 Å². The van der Waals surface area contributed by atoms with Gasteiger partial charge in [-0.2, -0.15) is 0 Å². The lowest BCUT2D eigenvalue weighted by Crippen LogP contribution is -2.10. The normalized spacial score (nSPS) is 10.6. The van der Waals surface area contributed by atoms with Crippen LogP contribution in [0.2, 0.25) is 0 Å². The molecule has 0 fully saturated rings. The van der Waals surface area contributed by atoms with Gasteiger partial charge in [0.25, 0.3) is 0 Å². The molecule has 12 heavy (non-hydrogen) atoms. The molecule has 0 aliphatic carbocycles. The minimum absolute atomic E-state index is 0. The molecular formula is C10H17AlO. The Balaban J connectivity index is 0.00000121. The van der Waals surface area contributed by atoms with Crippen molar-refractivity contribution in [1.29, 1.82) is 0 Å². The third kappa shape index (κ3) is 2.55. The van der Waals surface area contributed by atoms with Crippen molar-refractivity contribution in [1.82, 2.24) is 0 Å². The summed E-state index contributed by atoms with van der Waals surface area (Å²) in [5.74, 6) is 0.389. The third-order valence-corrected chi connectivity index (χ3v) is 1.71. The van der Waals surface area contributed by atoms with Crippen molar-refractivity contribution < 1.29 is 5.11 Å². The molecule has 1 rings (SSSR count). The fourth-order valence-corrected chi connectivity index (χ4v) is 1.11. The number of rotatable bonds is 0. The van der Waals surface area contributed by atoms with E-state index in [2.05, 4.69) is 20.8 Å². The second-order valence-corrected chi connectivity index (χ2v) is 3.77. The van der Waals surface area contributed by atoms with Gasteiger partial charge < -0.3 is 5.11 Å². The van der Waals surface area contributed by atoms with Gasteiger partial charge in [-0.3, -0.25) is 0 Å². The van der Waals surface area contributed by atoms with Crippen molar-refractivity contribution in [3.63, 3.8) is 0 Å². The van der Waals surface area contributed by atoms with Gasteiger partial charge >= 0.3 is 0 Å². The van der Waals surface area contributed by atoms with E-state index in [1.807, 2.05) is 18.2 Å². The highest BCUT2D eigenvalue weighted by atomic mass is 27.0. The van der Waals surface area contributed by atoms with Gasteiger partial charge in [-0.25, -0.2) is 0 Å². The molecule has 0 saturated heterocycles. The van der Waals surface area contributed by atoms with E-state index in [4.69, 9.17) is 0 Å². The molecule has 2 heteroatoms. The fraction of sp³-hybridized carbons (Fsp3) is 0.400. The maximum absolute atomic E-state index is 9.45. The first-order valence-electron chi connectivity index (χ1n) is 3.80. The van der Waals surface area contributed by atoms with Gasteiger partial charge in [-0.15, -0.1) is 0 Å². The van der Waals surface area contributed by atoms with Crippen LogP contribution in [-0.2, 0) is 5.41 Å². The molecule has 0 bridgehead atoms. The number of hydrogen-bond donors (Lipinski definition) is 1. The van der Waals surface area contributed by atoms with Crippen molar-refractivity contribution in [2.75, 3.05) is 0 Å². The van der Waals surface area contributed by atoms with Crippen molar-refractivity contribution in [3.8, 4) is 5.75 Å². The predicted octanol–water partition coefficient (Wildman–Crippen LogP) is 1.51. The standard InChI is InChI=1S/C10H14O.Al.3H/c1-10(2,3)8-6-4-5-7-9(8)11;;;;/h4-7,11H,1-3H3;;;;. The summed E-state index contributed by atoms with van der Waals surface area (Å²) in [7, 11) is 0. The molecule has 0 heterocycles. The summed E-state index contributed by atoms with van der Waals surface area (Å²) < 4.78 is 0. The first-order valence-corrected chi connectivity index (χ1v) is 3.80. The number of para-hydroxylation sites is 1. The van der Waals surface area contributed by atoms with Crippen LogP contribution in [0.1, 0.15) is 26.3 Å². The molecule has 0 spiro atoms. The molecule has 0 atom stereocenters. The quantitative estimate of drug-likeness (QED) is 0.600. The third-order valence-electron chi connectivity index (χ3n) is 1.71. The Kier molecular flexibility index (Phi) is 3.83. The van der Waals surface area contributed by atoms with Crippen LogP contribution in [0.4, 0.5) is 0 Å². The van der Waals surface area contributed by atoms with Gasteiger partial charge in [-0.05, 0) is 17.0 Å². The summed E-state index contributed by atoms with van der Waals surface area (Å²) in [5.41, 5.74) is 1.03. The Hall–Kier alpha value is -0.448. The number of benzene rings is 1. The van der Waals surface area contributed by atoms with Crippen molar-refractivity contribution in [3.05, 3.63) is 29.8 Å². The summed E-state index contributed by atoms with van der Waals surface area (Å²) in [6, 6.07) is 7.46. The highest BCUT2D eigenvalue weighted by Crippen LogP contribution is 2.29. The molecule has 0 amide bonds. The summed E-state index contributed by atoms with van der Waals surface area (Å²) >= 11 is 0. The van der Waals surface area contributed by atoms with E-state index in [1.54, 1.807) is 6.07 Å². The molecule has 0 radical (unpaired) electrons. The molecule has 66 valence electrons. The Labute approximate surface area is 84.6 Å². The summed E-state index contributed by atoms with van der Waals surface area (Å²) in [6.07, 6.45) is 0. The van der Waals surface area contributed by atoms with Gasteiger partial charge in [-0.1, -0.05) is 39.0 Å². The van der Waals surface area contributed by atoms with Crippen LogP contribution < -0.4 is 0 Å². The molecular weight excluding hydrogens is 163 g/mol. The second kappa shape index (κ2) is 3.98. The van der Waals surface area contributed by atoms with E-state index in [0.717, 1.165) is 5.56 Å². The SMILES string of the molecule is CC(C)(C)c1ccccc1O.[AlH3]. The minimum Gasteiger partial charge on any atom is -0.508 e. The van der Waals surface area contributed by atoms with Crippen LogP contribution >= 0.6 is 0 Å². The van der Waals surface area contributed by atoms with Crippen molar-refractivity contribution in [2.24, 2.45) is 0 Å². The highest BCUT2D eigenvalue weighted by Gasteiger charge is 2.16. The largest absolute Gasteiger partial charge is 0.508 e. The number of phenols is 1. The maximum atomic E-state index is 9.45. The Bertz CT molecular complexity index is 250. The summed E-state index contributed by atoms with van der Waals surface area (Å²) in [5, 5.41) is 9.45. The maximum Gasteiger partial charge on any atom is 0.187 e. The Morgan fingerprint density at radius 3 is 1.92 bits per heavy atom. The van der Waals surface area contributed by atoms with Crippen molar-refractivity contribution >= 4 is 17.4 Å². The smallest absolute Gasteiger partial charge is 0.187 e. The highest BCUT2D eigenvalue weighted by molar-refractivity contribution is 5.75. The molecule has 1 N–H and O–H groups in total. The van der Waals surface area contributed by atoms with E-state index in [-0.39, 0.29) is 22.8 Å². The predicted molar refractivity (Wildman–Crippen MR) is 56.7 cm³/mol. The van der Waals surface area contributed by atoms with Crippen LogP contribution in [0.15, 0.2) is 24.3 Å². The zero-order chi connectivity index (χ0) is 8.48. The molecule has 0 aliphatic rings. The number of aromatic hydroxyl groups is 1. The van der Waals surface area contributed by atoms with Crippen LogP contribution in [0.25, 0.3) is 0 Å². The second-order valence-electron chi connectivity index (χ2n) is 3.77. The first-order chi connectivity index (χ1) is 5.02. The van der Waals surface area contributed by atoms with Crippen LogP contribution in [0, 0.1) is 0 Å². The molecule has 0 aromatic heterocycles. The van der Waals surface area contributed by atoms with Crippen LogP contribution in [0.5, 0.6) is 5.75 Å². The van der Waals surface area contributed by atoms with E-state index < -0.39 is 0 Å². The van der Waals surface area contributed by atoms with Gasteiger partial charge in [0.2, 0.25) is 0 Å². The summed E-state index contributed by atoms with van der Waals surface area (Å²) in [6.45, 7) is 6.26. The summed E-state index contributed by atoms with van der Waals surface area (Å²) in [4.78, 5) is 0. The first kappa shape index (κ1) is 11.6. The molecule has 1 aromatic carbocycles. The minimum atomic E-state index is 0. The average molecular weight is 180 g/mol. The Morgan fingerprint density at radius 1 is 1.08 bits per heavy atom. The molecule has 0 unspecified atom stereocenters.